The first kappa shape index (κ1) is 25.9. The van der Waals surface area contributed by atoms with Gasteiger partial charge in [0.15, 0.2) is 0 Å². The quantitative estimate of drug-likeness (QED) is 0.489. The highest BCUT2D eigenvalue weighted by molar-refractivity contribution is 7.92. The molecule has 38 heavy (non-hydrogen) atoms. The number of benzene rings is 3. The van der Waals surface area contributed by atoms with E-state index in [9.17, 15) is 18.3 Å². The van der Waals surface area contributed by atoms with Crippen molar-refractivity contribution in [1.29, 1.82) is 0 Å². The Hall–Kier alpha value is -3.72. The minimum atomic E-state index is -3.51. The molecule has 0 amide bonds. The van der Waals surface area contributed by atoms with E-state index in [-0.39, 0.29) is 11.7 Å². The van der Waals surface area contributed by atoms with Crippen LogP contribution in [0.5, 0.6) is 5.75 Å². The molecule has 3 aromatic rings. The lowest BCUT2D eigenvalue weighted by Gasteiger charge is -2.32. The highest BCUT2D eigenvalue weighted by Gasteiger charge is 2.27. The minimum absolute atomic E-state index is 0.191. The summed E-state index contributed by atoms with van der Waals surface area (Å²) in [5.74, 6) is -0.345. The van der Waals surface area contributed by atoms with E-state index in [1.807, 2.05) is 61.5 Å². The maximum Gasteiger partial charge on any atom is 0.335 e. The molecule has 2 aliphatic heterocycles. The number of carboxylic acid groups (broad SMARTS) is 1. The Morgan fingerprint density at radius 3 is 2.42 bits per heavy atom. The summed E-state index contributed by atoms with van der Waals surface area (Å²) in [6.07, 6.45) is 3.54. The number of aromatic carboxylic acids is 1. The van der Waals surface area contributed by atoms with Crippen LogP contribution in [0.4, 0.5) is 0 Å². The van der Waals surface area contributed by atoms with Crippen LogP contribution in [0, 0.1) is 0 Å². The molecule has 1 saturated heterocycles. The largest absolute Gasteiger partial charge is 0.485 e. The molecule has 3 aromatic carbocycles. The third-order valence-corrected chi connectivity index (χ3v) is 8.55. The standard InChI is InChI=1S/C30H30N2O5S/c1-22-25-9-5-6-10-26(25)27(28-21-24(30(33)34)11-12-29(28)37-22)13-15-31-16-18-32(19-17-31)38(35,36)20-14-23-7-3-2-4-8-23/h2-14,20-22H,15-19H2,1H3,(H,33,34). The monoisotopic (exact) mass is 530 g/mol. The highest BCUT2D eigenvalue weighted by Crippen LogP contribution is 2.41. The zero-order chi connectivity index (χ0) is 26.7. The van der Waals surface area contributed by atoms with Gasteiger partial charge in [-0.05, 0) is 53.5 Å². The van der Waals surface area contributed by atoms with Gasteiger partial charge in [-0.15, -0.1) is 0 Å². The van der Waals surface area contributed by atoms with Crippen molar-refractivity contribution in [3.05, 3.63) is 112 Å². The first-order valence-electron chi connectivity index (χ1n) is 12.6. The van der Waals surface area contributed by atoms with E-state index >= 15 is 0 Å². The molecule has 0 aromatic heterocycles. The fourth-order valence-corrected chi connectivity index (χ4v) is 6.07. The molecule has 2 aliphatic rings. The van der Waals surface area contributed by atoms with Crippen LogP contribution < -0.4 is 4.74 Å². The Kier molecular flexibility index (Phi) is 7.46. The molecule has 1 unspecified atom stereocenters. The van der Waals surface area contributed by atoms with E-state index in [0.29, 0.717) is 38.5 Å². The third-order valence-electron chi connectivity index (χ3n) is 6.99. The van der Waals surface area contributed by atoms with Crippen molar-refractivity contribution in [3.63, 3.8) is 0 Å². The molecule has 0 radical (unpaired) electrons. The molecule has 2 heterocycles. The summed E-state index contributed by atoms with van der Waals surface area (Å²) in [7, 11) is -3.51. The van der Waals surface area contributed by atoms with Gasteiger partial charge in [-0.1, -0.05) is 60.7 Å². The van der Waals surface area contributed by atoms with Crippen molar-refractivity contribution < 1.29 is 23.1 Å². The Labute approximate surface area is 223 Å². The fraction of sp³-hybridized carbons (Fsp3) is 0.233. The summed E-state index contributed by atoms with van der Waals surface area (Å²) >= 11 is 0. The molecular weight excluding hydrogens is 500 g/mol. The number of hydrogen-bond acceptors (Lipinski definition) is 5. The van der Waals surface area contributed by atoms with Crippen LogP contribution in [0.15, 0.2) is 84.3 Å². The van der Waals surface area contributed by atoms with Crippen LogP contribution >= 0.6 is 0 Å². The van der Waals surface area contributed by atoms with Crippen molar-refractivity contribution in [3.8, 4) is 5.75 Å². The van der Waals surface area contributed by atoms with Gasteiger partial charge in [0, 0.05) is 43.7 Å². The van der Waals surface area contributed by atoms with Crippen LogP contribution in [-0.4, -0.2) is 61.4 Å². The second kappa shape index (κ2) is 10.9. The van der Waals surface area contributed by atoms with Gasteiger partial charge in [-0.2, -0.15) is 4.31 Å². The topological polar surface area (TPSA) is 87.2 Å². The van der Waals surface area contributed by atoms with Crippen molar-refractivity contribution in [2.45, 2.75) is 13.0 Å². The molecular formula is C30H30N2O5S. The minimum Gasteiger partial charge on any atom is -0.485 e. The van der Waals surface area contributed by atoms with E-state index < -0.39 is 16.0 Å². The number of piperazine rings is 1. The van der Waals surface area contributed by atoms with Crippen molar-refractivity contribution in [2.24, 2.45) is 0 Å². The molecule has 0 spiro atoms. The first-order chi connectivity index (χ1) is 18.3. The Morgan fingerprint density at radius 2 is 1.68 bits per heavy atom. The Morgan fingerprint density at radius 1 is 0.974 bits per heavy atom. The number of ether oxygens (including phenoxy) is 1. The number of sulfonamides is 1. The van der Waals surface area contributed by atoms with Crippen LogP contribution in [0.1, 0.15) is 45.6 Å². The summed E-state index contributed by atoms with van der Waals surface area (Å²) in [4.78, 5) is 13.9. The molecule has 0 saturated carbocycles. The van der Waals surface area contributed by atoms with Gasteiger partial charge < -0.3 is 9.84 Å². The van der Waals surface area contributed by atoms with E-state index in [0.717, 1.165) is 27.8 Å². The predicted molar refractivity (Wildman–Crippen MR) is 148 cm³/mol. The third kappa shape index (κ3) is 5.57. The van der Waals surface area contributed by atoms with Crippen LogP contribution in [0.3, 0.4) is 0 Å². The number of hydrogen-bond donors (Lipinski definition) is 1. The predicted octanol–water partition coefficient (Wildman–Crippen LogP) is 4.89. The van der Waals surface area contributed by atoms with Crippen molar-refractivity contribution in [2.75, 3.05) is 32.7 Å². The highest BCUT2D eigenvalue weighted by atomic mass is 32.2. The molecule has 0 aliphatic carbocycles. The molecule has 1 fully saturated rings. The second-order valence-corrected chi connectivity index (χ2v) is 11.3. The maximum atomic E-state index is 12.8. The number of carbonyl (C=O) groups is 1. The van der Waals surface area contributed by atoms with E-state index in [1.165, 1.54) is 9.71 Å². The summed E-state index contributed by atoms with van der Waals surface area (Å²) in [5, 5.41) is 10.9. The van der Waals surface area contributed by atoms with Gasteiger partial charge in [0.05, 0.1) is 5.56 Å². The summed E-state index contributed by atoms with van der Waals surface area (Å²) in [6, 6.07) is 22.3. The SMILES string of the molecule is CC1Oc2ccc(C(=O)O)cc2C(=CCN2CCN(S(=O)(=O)C=Cc3ccccc3)CC2)c2ccccc21. The molecule has 1 atom stereocenters. The second-order valence-electron chi connectivity index (χ2n) is 9.44. The van der Waals surface area contributed by atoms with Crippen LogP contribution in [-0.2, 0) is 10.0 Å². The van der Waals surface area contributed by atoms with Gasteiger partial charge in [-0.25, -0.2) is 13.2 Å². The molecule has 0 bridgehead atoms. The lowest BCUT2D eigenvalue weighted by atomic mass is 9.91. The van der Waals surface area contributed by atoms with Gasteiger partial charge in [-0.3, -0.25) is 4.90 Å². The molecule has 5 rings (SSSR count). The van der Waals surface area contributed by atoms with E-state index in [1.54, 1.807) is 24.3 Å². The normalized spacial score (nSPS) is 19.5. The molecule has 1 N–H and O–H groups in total. The number of rotatable bonds is 6. The summed E-state index contributed by atoms with van der Waals surface area (Å²) in [5.41, 5.74) is 4.75. The summed E-state index contributed by atoms with van der Waals surface area (Å²) in [6.45, 7) is 4.59. The number of nitrogens with zero attached hydrogens (tertiary/aromatic N) is 2. The summed E-state index contributed by atoms with van der Waals surface area (Å²) < 4.78 is 33.4. The first-order valence-corrected chi connectivity index (χ1v) is 14.1. The average molecular weight is 531 g/mol. The fourth-order valence-electron chi connectivity index (χ4n) is 4.89. The van der Waals surface area contributed by atoms with Crippen molar-refractivity contribution >= 4 is 27.6 Å². The molecule has 196 valence electrons. The van der Waals surface area contributed by atoms with E-state index in [2.05, 4.69) is 11.0 Å². The number of carboxylic acids is 1. The smallest absolute Gasteiger partial charge is 0.335 e. The van der Waals surface area contributed by atoms with Crippen LogP contribution in [0.2, 0.25) is 0 Å². The van der Waals surface area contributed by atoms with Gasteiger partial charge in [0.1, 0.15) is 11.9 Å². The number of fused-ring (bicyclic) bond motifs is 2. The Bertz CT molecular complexity index is 1490. The Balaban J connectivity index is 1.35. The lowest BCUT2D eigenvalue weighted by molar-refractivity contribution is 0.0696. The van der Waals surface area contributed by atoms with Crippen molar-refractivity contribution in [1.82, 2.24) is 9.21 Å². The zero-order valence-corrected chi connectivity index (χ0v) is 22.0. The molecule has 7 nitrogen and oxygen atoms in total. The van der Waals surface area contributed by atoms with Gasteiger partial charge in [0.25, 0.3) is 0 Å². The van der Waals surface area contributed by atoms with Gasteiger partial charge >= 0.3 is 5.97 Å². The molecule has 8 heteroatoms. The average Bonchev–Trinajstić information content (AvgIpc) is 3.05. The van der Waals surface area contributed by atoms with Crippen LogP contribution in [0.25, 0.3) is 11.6 Å². The zero-order valence-electron chi connectivity index (χ0n) is 21.2. The van der Waals surface area contributed by atoms with Gasteiger partial charge in [0.2, 0.25) is 10.0 Å². The maximum absolute atomic E-state index is 12.8. The lowest BCUT2D eigenvalue weighted by Crippen LogP contribution is -2.48. The van der Waals surface area contributed by atoms with E-state index in [4.69, 9.17) is 4.74 Å².